The number of carbonyl (C=O) groups is 2. The van der Waals surface area contributed by atoms with Gasteiger partial charge in [-0.05, 0) is 30.7 Å². The van der Waals surface area contributed by atoms with Crippen LogP contribution in [0.25, 0.3) is 0 Å². The van der Waals surface area contributed by atoms with Crippen LogP contribution in [-0.2, 0) is 10.2 Å². The van der Waals surface area contributed by atoms with Crippen molar-refractivity contribution in [2.24, 2.45) is 11.8 Å². The van der Waals surface area contributed by atoms with Gasteiger partial charge in [-0.3, -0.25) is 20.4 Å². The van der Waals surface area contributed by atoms with Gasteiger partial charge in [0.05, 0.1) is 12.1 Å². The maximum absolute atomic E-state index is 12.6. The first kappa shape index (κ1) is 13.9. The summed E-state index contributed by atoms with van der Waals surface area (Å²) in [7, 11) is 0. The lowest BCUT2D eigenvalue weighted by Gasteiger charge is -2.46. The lowest BCUT2D eigenvalue weighted by molar-refractivity contribution is -0.133. The van der Waals surface area contributed by atoms with Crippen LogP contribution in [0.15, 0.2) is 36.5 Å². The second-order valence-corrected chi connectivity index (χ2v) is 6.30. The molecule has 1 heterocycles. The predicted molar refractivity (Wildman–Crippen MR) is 80.9 cm³/mol. The van der Waals surface area contributed by atoms with E-state index in [1.54, 1.807) is 0 Å². The van der Waals surface area contributed by atoms with Crippen molar-refractivity contribution in [2.75, 3.05) is 0 Å². The molecule has 3 N–H and O–H groups in total. The van der Waals surface area contributed by atoms with E-state index in [4.69, 9.17) is 0 Å². The van der Waals surface area contributed by atoms with Crippen molar-refractivity contribution < 1.29 is 9.59 Å². The van der Waals surface area contributed by atoms with E-state index in [0.29, 0.717) is 5.92 Å². The molecule has 0 aliphatic heterocycles. The smallest absolute Gasteiger partial charge is 0.273 e. The zero-order chi connectivity index (χ0) is 15.9. The summed E-state index contributed by atoms with van der Waals surface area (Å²) in [5, 5.41) is 9.61. The molecule has 0 unspecified atom stereocenters. The van der Waals surface area contributed by atoms with Crippen LogP contribution in [-0.4, -0.2) is 27.2 Å². The lowest BCUT2D eigenvalue weighted by Crippen LogP contribution is -2.55. The molecule has 3 aliphatic carbocycles. The fraction of sp³-hybridized carbons (Fsp3) is 0.375. The van der Waals surface area contributed by atoms with Gasteiger partial charge in [-0.2, -0.15) is 15.4 Å². The first-order valence-corrected chi connectivity index (χ1v) is 7.72. The SMILES string of the molecule is O=C(NNC(=O)[C@@H]1[C@@H]2CC[C@@]1(c1ccccc1)C2)c1cn[nH]n1. The highest BCUT2D eigenvalue weighted by Crippen LogP contribution is 2.63. The Kier molecular flexibility index (Phi) is 3.14. The van der Waals surface area contributed by atoms with E-state index < -0.39 is 5.91 Å². The molecule has 23 heavy (non-hydrogen) atoms. The van der Waals surface area contributed by atoms with Gasteiger partial charge in [-0.15, -0.1) is 0 Å². The summed E-state index contributed by atoms with van der Waals surface area (Å²) in [4.78, 5) is 24.4. The van der Waals surface area contributed by atoms with Gasteiger partial charge >= 0.3 is 0 Å². The third-order valence-corrected chi connectivity index (χ3v) is 5.23. The summed E-state index contributed by atoms with van der Waals surface area (Å²) in [5.74, 6) is -0.284. The summed E-state index contributed by atoms with van der Waals surface area (Å²) in [6.45, 7) is 0. The minimum Gasteiger partial charge on any atom is -0.273 e. The molecule has 7 heteroatoms. The van der Waals surface area contributed by atoms with Crippen molar-refractivity contribution in [1.29, 1.82) is 0 Å². The molecule has 1 aromatic heterocycles. The third kappa shape index (κ3) is 2.11. The molecule has 7 nitrogen and oxygen atoms in total. The zero-order valence-corrected chi connectivity index (χ0v) is 12.5. The number of hydrogen-bond donors (Lipinski definition) is 3. The van der Waals surface area contributed by atoms with Crippen molar-refractivity contribution in [2.45, 2.75) is 24.7 Å². The number of nitrogens with one attached hydrogen (secondary N) is 3. The highest BCUT2D eigenvalue weighted by molar-refractivity contribution is 5.94. The third-order valence-electron chi connectivity index (χ3n) is 5.23. The molecule has 0 saturated heterocycles. The molecular weight excluding hydrogens is 294 g/mol. The molecule has 2 bridgehead atoms. The summed E-state index contributed by atoms with van der Waals surface area (Å²) in [6.07, 6.45) is 4.44. The Bertz CT molecular complexity index is 726. The van der Waals surface area contributed by atoms with Crippen LogP contribution in [0.4, 0.5) is 0 Å². The normalized spacial score (nSPS) is 28.0. The fourth-order valence-electron chi connectivity index (χ4n) is 4.22. The fourth-order valence-corrected chi connectivity index (χ4v) is 4.22. The van der Waals surface area contributed by atoms with Crippen molar-refractivity contribution >= 4 is 11.8 Å². The largest absolute Gasteiger partial charge is 0.291 e. The molecule has 5 rings (SSSR count). The molecule has 1 aromatic carbocycles. The van der Waals surface area contributed by atoms with Gasteiger partial charge in [0.25, 0.3) is 5.91 Å². The Morgan fingerprint density at radius 3 is 2.74 bits per heavy atom. The Morgan fingerprint density at radius 2 is 2.04 bits per heavy atom. The number of amides is 2. The van der Waals surface area contributed by atoms with Crippen LogP contribution in [0.2, 0.25) is 0 Å². The highest BCUT2D eigenvalue weighted by atomic mass is 16.2. The predicted octanol–water partition coefficient (Wildman–Crippen LogP) is 0.934. The highest BCUT2D eigenvalue weighted by Gasteiger charge is 2.62. The summed E-state index contributed by atoms with van der Waals surface area (Å²) in [5.41, 5.74) is 6.24. The second kappa shape index (κ2) is 5.19. The van der Waals surface area contributed by atoms with Crippen molar-refractivity contribution in [3.63, 3.8) is 0 Å². The van der Waals surface area contributed by atoms with Crippen LogP contribution >= 0.6 is 0 Å². The molecular formula is C16H17N5O2. The van der Waals surface area contributed by atoms with E-state index in [-0.39, 0.29) is 22.9 Å². The number of fused-ring (bicyclic) bond motifs is 1. The van der Waals surface area contributed by atoms with E-state index in [1.807, 2.05) is 18.2 Å². The molecule has 3 aliphatic rings. The summed E-state index contributed by atoms with van der Waals surface area (Å²) >= 11 is 0. The second-order valence-electron chi connectivity index (χ2n) is 6.30. The minimum absolute atomic E-state index is 0.0748. The molecule has 3 atom stereocenters. The molecule has 0 spiro atoms. The number of aromatic amines is 1. The topological polar surface area (TPSA) is 99.8 Å². The van der Waals surface area contributed by atoms with E-state index in [2.05, 4.69) is 38.4 Å². The Hall–Kier alpha value is -2.70. The molecule has 2 amide bonds. The number of rotatable bonds is 3. The minimum atomic E-state index is -0.479. The van der Waals surface area contributed by atoms with Gasteiger partial charge in [-0.25, -0.2) is 0 Å². The van der Waals surface area contributed by atoms with Gasteiger partial charge in [0.2, 0.25) is 5.91 Å². The number of H-pyrrole nitrogens is 1. The van der Waals surface area contributed by atoms with Gasteiger partial charge < -0.3 is 0 Å². The molecule has 3 fully saturated rings. The first-order valence-electron chi connectivity index (χ1n) is 7.72. The quantitative estimate of drug-likeness (QED) is 0.734. The monoisotopic (exact) mass is 311 g/mol. The van der Waals surface area contributed by atoms with Crippen LogP contribution in [0.1, 0.15) is 35.3 Å². The summed E-state index contributed by atoms with van der Waals surface area (Å²) in [6, 6.07) is 10.2. The molecule has 3 saturated carbocycles. The molecule has 0 radical (unpaired) electrons. The van der Waals surface area contributed by atoms with Crippen molar-refractivity contribution in [1.82, 2.24) is 26.3 Å². The number of hydrazine groups is 1. The zero-order valence-electron chi connectivity index (χ0n) is 12.5. The average Bonchev–Trinajstić information content (AvgIpc) is 3.28. The van der Waals surface area contributed by atoms with Gasteiger partial charge in [0, 0.05) is 5.41 Å². The Balaban J connectivity index is 1.46. The van der Waals surface area contributed by atoms with Crippen LogP contribution in [0, 0.1) is 11.8 Å². The number of aromatic nitrogens is 3. The van der Waals surface area contributed by atoms with Gasteiger partial charge in [-0.1, -0.05) is 30.3 Å². The van der Waals surface area contributed by atoms with Gasteiger partial charge in [0.1, 0.15) is 0 Å². The molecule has 2 aromatic rings. The maximum Gasteiger partial charge on any atom is 0.291 e. The van der Waals surface area contributed by atoms with Crippen molar-refractivity contribution in [3.8, 4) is 0 Å². The number of hydrogen-bond acceptors (Lipinski definition) is 4. The number of benzene rings is 1. The first-order chi connectivity index (χ1) is 11.2. The number of carbonyl (C=O) groups excluding carboxylic acids is 2. The molecule has 118 valence electrons. The van der Waals surface area contributed by atoms with Crippen molar-refractivity contribution in [3.05, 3.63) is 47.8 Å². The van der Waals surface area contributed by atoms with E-state index in [9.17, 15) is 9.59 Å². The van der Waals surface area contributed by atoms with Crippen LogP contribution in [0.3, 0.4) is 0 Å². The van der Waals surface area contributed by atoms with E-state index in [1.165, 1.54) is 11.8 Å². The lowest BCUT2D eigenvalue weighted by atomic mass is 9.57. The Labute approximate surface area is 132 Å². The standard InChI is InChI=1S/C16H17N5O2/c22-14(12-9-17-21-18-12)19-20-15(23)13-10-6-7-16(13,8-10)11-4-2-1-3-5-11/h1-5,9-10,13H,6-8H2,(H,19,22)(H,20,23)(H,17,18,21)/t10-,13+,16+/m1/s1. The van der Waals surface area contributed by atoms with Gasteiger partial charge in [0.15, 0.2) is 5.69 Å². The average molecular weight is 311 g/mol. The summed E-state index contributed by atoms with van der Waals surface area (Å²) < 4.78 is 0. The van der Waals surface area contributed by atoms with E-state index >= 15 is 0 Å². The maximum atomic E-state index is 12.6. The van der Waals surface area contributed by atoms with Crippen LogP contribution < -0.4 is 10.9 Å². The van der Waals surface area contributed by atoms with E-state index in [0.717, 1.165) is 19.3 Å². The Morgan fingerprint density at radius 1 is 1.22 bits per heavy atom. The van der Waals surface area contributed by atoms with Crippen LogP contribution in [0.5, 0.6) is 0 Å². The number of nitrogens with zero attached hydrogens (tertiary/aromatic N) is 2.